The maximum atomic E-state index is 10.1. The first-order chi connectivity index (χ1) is 10.5. The Morgan fingerprint density at radius 3 is 2.05 bits per heavy atom. The number of phenols is 2. The van der Waals surface area contributed by atoms with Gasteiger partial charge in [-0.05, 0) is 41.8 Å². The van der Waals surface area contributed by atoms with E-state index in [9.17, 15) is 15.3 Å². The van der Waals surface area contributed by atoms with Crippen molar-refractivity contribution in [3.05, 3.63) is 60.2 Å². The fourth-order valence-electron chi connectivity index (χ4n) is 2.36. The molecular formula is C18H20O4. The van der Waals surface area contributed by atoms with E-state index in [1.807, 2.05) is 0 Å². The maximum Gasteiger partial charge on any atom is 0.123 e. The van der Waals surface area contributed by atoms with Gasteiger partial charge in [0.25, 0.3) is 0 Å². The molecule has 1 atom stereocenters. The van der Waals surface area contributed by atoms with E-state index in [0.717, 1.165) is 11.1 Å². The van der Waals surface area contributed by atoms with Gasteiger partial charge in [0, 0.05) is 17.5 Å². The molecule has 0 fully saturated rings. The Labute approximate surface area is 129 Å². The van der Waals surface area contributed by atoms with Crippen LogP contribution in [0.1, 0.15) is 11.1 Å². The Morgan fingerprint density at radius 2 is 1.50 bits per heavy atom. The Bertz CT molecular complexity index is 664. The van der Waals surface area contributed by atoms with Gasteiger partial charge in [-0.2, -0.15) is 0 Å². The average molecular weight is 300 g/mol. The van der Waals surface area contributed by atoms with Crippen LogP contribution in [0, 0.1) is 0 Å². The van der Waals surface area contributed by atoms with Crippen molar-refractivity contribution in [3.63, 3.8) is 0 Å². The van der Waals surface area contributed by atoms with Crippen LogP contribution in [0.3, 0.4) is 0 Å². The van der Waals surface area contributed by atoms with Crippen LogP contribution in [-0.2, 0) is 12.8 Å². The molecule has 2 rings (SSSR count). The van der Waals surface area contributed by atoms with E-state index in [0.29, 0.717) is 17.5 Å². The highest BCUT2D eigenvalue weighted by Gasteiger charge is 2.12. The van der Waals surface area contributed by atoms with Gasteiger partial charge in [0.2, 0.25) is 0 Å². The molecule has 0 aliphatic heterocycles. The molecule has 0 saturated carbocycles. The van der Waals surface area contributed by atoms with Crippen molar-refractivity contribution >= 4 is 0 Å². The Balaban J connectivity index is 2.44. The summed E-state index contributed by atoms with van der Waals surface area (Å²) in [5.74, 6) is 0.122. The second-order valence-corrected chi connectivity index (χ2v) is 5.24. The van der Waals surface area contributed by atoms with Gasteiger partial charge >= 0.3 is 0 Å². The molecule has 4 heteroatoms. The van der Waals surface area contributed by atoms with E-state index in [-0.39, 0.29) is 24.5 Å². The lowest BCUT2D eigenvalue weighted by Crippen LogP contribution is -2.14. The zero-order valence-electron chi connectivity index (χ0n) is 12.2. The molecule has 0 heterocycles. The SMILES string of the molecule is C=CCc1ccc(O)c(-c2cc(C[C@@H](O)CO)ccc2O)c1. The van der Waals surface area contributed by atoms with Crippen molar-refractivity contribution in [2.24, 2.45) is 0 Å². The first-order valence-corrected chi connectivity index (χ1v) is 7.09. The molecule has 2 aromatic carbocycles. The molecule has 2 aromatic rings. The van der Waals surface area contributed by atoms with Crippen LogP contribution in [0.15, 0.2) is 49.1 Å². The quantitative estimate of drug-likeness (QED) is 0.618. The van der Waals surface area contributed by atoms with Crippen molar-refractivity contribution in [3.8, 4) is 22.6 Å². The van der Waals surface area contributed by atoms with Gasteiger partial charge < -0.3 is 20.4 Å². The van der Waals surface area contributed by atoms with Crippen molar-refractivity contribution < 1.29 is 20.4 Å². The number of phenolic OH excluding ortho intramolecular Hbond substituents is 2. The minimum Gasteiger partial charge on any atom is -0.507 e. The van der Waals surface area contributed by atoms with Crippen molar-refractivity contribution in [2.45, 2.75) is 18.9 Å². The lowest BCUT2D eigenvalue weighted by molar-refractivity contribution is 0.0955. The molecule has 0 spiro atoms. The standard InChI is InChI=1S/C18H20O4/c1-2-3-12-4-6-17(21)15(9-12)16-10-13(5-7-18(16)22)8-14(20)11-19/h2,4-7,9-10,14,19-22H,1,3,8,11H2/t14-/m1/s1. The summed E-state index contributed by atoms with van der Waals surface area (Å²) in [4.78, 5) is 0. The number of hydrogen-bond acceptors (Lipinski definition) is 4. The molecule has 4 nitrogen and oxygen atoms in total. The van der Waals surface area contributed by atoms with Gasteiger partial charge in [-0.3, -0.25) is 0 Å². The monoisotopic (exact) mass is 300 g/mol. The molecule has 0 aliphatic rings. The van der Waals surface area contributed by atoms with Crippen LogP contribution >= 0.6 is 0 Å². The summed E-state index contributed by atoms with van der Waals surface area (Å²) >= 11 is 0. The lowest BCUT2D eigenvalue weighted by atomic mass is 9.96. The molecule has 116 valence electrons. The van der Waals surface area contributed by atoms with Gasteiger partial charge in [0.15, 0.2) is 0 Å². The molecule has 0 aromatic heterocycles. The minimum atomic E-state index is -0.849. The first-order valence-electron chi connectivity index (χ1n) is 7.09. The highest BCUT2D eigenvalue weighted by atomic mass is 16.3. The number of hydrogen-bond donors (Lipinski definition) is 4. The normalized spacial score (nSPS) is 12.1. The van der Waals surface area contributed by atoms with E-state index in [2.05, 4.69) is 6.58 Å². The number of aliphatic hydroxyl groups is 2. The first kappa shape index (κ1) is 16.1. The zero-order valence-corrected chi connectivity index (χ0v) is 12.2. The van der Waals surface area contributed by atoms with Gasteiger partial charge in [0.05, 0.1) is 12.7 Å². The third-order valence-electron chi connectivity index (χ3n) is 3.47. The highest BCUT2D eigenvalue weighted by Crippen LogP contribution is 2.36. The fraction of sp³-hybridized carbons (Fsp3) is 0.222. The highest BCUT2D eigenvalue weighted by molar-refractivity contribution is 5.76. The molecule has 22 heavy (non-hydrogen) atoms. The average Bonchev–Trinajstić information content (AvgIpc) is 2.51. The van der Waals surface area contributed by atoms with E-state index in [1.165, 1.54) is 6.07 Å². The predicted octanol–water partition coefficient (Wildman–Crippen LogP) is 2.39. The van der Waals surface area contributed by atoms with Crippen LogP contribution in [0.4, 0.5) is 0 Å². The van der Waals surface area contributed by atoms with Crippen molar-refractivity contribution in [1.29, 1.82) is 0 Å². The van der Waals surface area contributed by atoms with Gasteiger partial charge in [-0.25, -0.2) is 0 Å². The summed E-state index contributed by atoms with van der Waals surface area (Å²) in [6, 6.07) is 10.1. The molecular weight excluding hydrogens is 280 g/mol. The molecule has 0 radical (unpaired) electrons. The summed E-state index contributed by atoms with van der Waals surface area (Å²) in [7, 11) is 0. The smallest absolute Gasteiger partial charge is 0.123 e. The predicted molar refractivity (Wildman–Crippen MR) is 85.9 cm³/mol. The molecule has 0 unspecified atom stereocenters. The van der Waals surface area contributed by atoms with Gasteiger partial charge in [0.1, 0.15) is 11.5 Å². The number of aliphatic hydroxyl groups excluding tert-OH is 2. The third-order valence-corrected chi connectivity index (χ3v) is 3.47. The summed E-state index contributed by atoms with van der Waals surface area (Å²) < 4.78 is 0. The van der Waals surface area contributed by atoms with E-state index >= 15 is 0 Å². The molecule has 0 saturated heterocycles. The summed E-state index contributed by atoms with van der Waals surface area (Å²) in [6.45, 7) is 3.37. The summed E-state index contributed by atoms with van der Waals surface area (Å²) in [6.07, 6.45) is 1.86. The Kier molecular flexibility index (Phi) is 5.20. The van der Waals surface area contributed by atoms with Crippen LogP contribution in [0.25, 0.3) is 11.1 Å². The number of allylic oxidation sites excluding steroid dienone is 1. The fourth-order valence-corrected chi connectivity index (χ4v) is 2.36. The van der Waals surface area contributed by atoms with E-state index in [1.54, 1.807) is 36.4 Å². The second-order valence-electron chi connectivity index (χ2n) is 5.24. The molecule has 4 N–H and O–H groups in total. The Hall–Kier alpha value is -2.30. The third kappa shape index (κ3) is 3.67. The second kappa shape index (κ2) is 7.11. The van der Waals surface area contributed by atoms with Gasteiger partial charge in [-0.15, -0.1) is 6.58 Å². The lowest BCUT2D eigenvalue weighted by Gasteiger charge is -2.12. The number of benzene rings is 2. The summed E-state index contributed by atoms with van der Waals surface area (Å²) in [5, 5.41) is 38.6. The van der Waals surface area contributed by atoms with Crippen molar-refractivity contribution in [2.75, 3.05) is 6.61 Å². The maximum absolute atomic E-state index is 10.1. The van der Waals surface area contributed by atoms with E-state index < -0.39 is 6.10 Å². The molecule has 0 bridgehead atoms. The number of rotatable bonds is 6. The molecule has 0 aliphatic carbocycles. The Morgan fingerprint density at radius 1 is 0.955 bits per heavy atom. The van der Waals surface area contributed by atoms with Crippen LogP contribution in [-0.4, -0.2) is 33.1 Å². The van der Waals surface area contributed by atoms with E-state index in [4.69, 9.17) is 5.11 Å². The topological polar surface area (TPSA) is 80.9 Å². The minimum absolute atomic E-state index is 0.0493. The van der Waals surface area contributed by atoms with Gasteiger partial charge in [-0.1, -0.05) is 18.2 Å². The zero-order chi connectivity index (χ0) is 16.1. The summed E-state index contributed by atoms with van der Waals surface area (Å²) in [5.41, 5.74) is 2.76. The van der Waals surface area contributed by atoms with Crippen LogP contribution < -0.4 is 0 Å². The van der Waals surface area contributed by atoms with Crippen LogP contribution in [0.2, 0.25) is 0 Å². The largest absolute Gasteiger partial charge is 0.507 e. The molecule has 0 amide bonds. The number of aromatic hydroxyl groups is 2. The van der Waals surface area contributed by atoms with Crippen LogP contribution in [0.5, 0.6) is 11.5 Å². The van der Waals surface area contributed by atoms with Crippen molar-refractivity contribution in [1.82, 2.24) is 0 Å².